The second-order valence-corrected chi connectivity index (χ2v) is 9.43. The van der Waals surface area contributed by atoms with Crippen molar-refractivity contribution in [3.05, 3.63) is 43.2 Å². The number of fused-ring (bicyclic) bond motifs is 1. The van der Waals surface area contributed by atoms with Crippen LogP contribution in [0.15, 0.2) is 33.9 Å². The van der Waals surface area contributed by atoms with E-state index in [1.807, 2.05) is 6.07 Å². The third-order valence-corrected chi connectivity index (χ3v) is 8.39. The van der Waals surface area contributed by atoms with Gasteiger partial charge in [-0.3, -0.25) is 0 Å². The Bertz CT molecular complexity index is 998. The van der Waals surface area contributed by atoms with E-state index >= 15 is 0 Å². The van der Waals surface area contributed by atoms with E-state index in [0.717, 1.165) is 26.3 Å². The second kappa shape index (κ2) is 6.34. The Morgan fingerprint density at radius 2 is 2.09 bits per heavy atom. The van der Waals surface area contributed by atoms with Gasteiger partial charge in [-0.25, -0.2) is 17.4 Å². The highest BCUT2D eigenvalue weighted by atomic mass is 79.9. The lowest BCUT2D eigenvalue weighted by Crippen LogP contribution is -2.13. The van der Waals surface area contributed by atoms with Crippen molar-refractivity contribution in [1.29, 1.82) is 0 Å². The van der Waals surface area contributed by atoms with Crippen LogP contribution in [0.4, 0.5) is 0 Å². The minimum atomic E-state index is -3.94. The van der Waals surface area contributed by atoms with Gasteiger partial charge in [0.15, 0.2) is 5.65 Å². The molecule has 2 N–H and O–H groups in total. The average molecular weight is 455 g/mol. The Morgan fingerprint density at radius 3 is 2.70 bits per heavy atom. The van der Waals surface area contributed by atoms with Gasteiger partial charge in [-0.1, -0.05) is 23.2 Å². The first kappa shape index (κ1) is 17.2. The molecule has 0 aliphatic rings. The summed E-state index contributed by atoms with van der Waals surface area (Å²) in [5.74, 6) is 0. The molecule has 3 aromatic rings. The molecule has 0 saturated heterocycles. The number of thiophene rings is 1. The quantitative estimate of drug-likeness (QED) is 0.648. The molecule has 0 unspecified atom stereocenters. The molecular weight excluding hydrogens is 445 g/mol. The summed E-state index contributed by atoms with van der Waals surface area (Å²) in [6, 6.07) is 3.57. The molecule has 3 heterocycles. The normalized spacial score (nSPS) is 12.2. The van der Waals surface area contributed by atoms with E-state index in [1.165, 1.54) is 12.4 Å². The molecular formula is C13H10BrCl2N3O2S2. The third-order valence-electron chi connectivity index (χ3n) is 3.27. The van der Waals surface area contributed by atoms with Crippen molar-refractivity contribution in [2.45, 2.75) is 11.3 Å². The first-order valence-electron chi connectivity index (χ1n) is 6.41. The van der Waals surface area contributed by atoms with Crippen molar-refractivity contribution in [2.24, 2.45) is 5.73 Å². The topological polar surface area (TPSA) is 78.0 Å². The average Bonchev–Trinajstić information content (AvgIpc) is 2.99. The van der Waals surface area contributed by atoms with Crippen LogP contribution in [-0.2, 0) is 16.4 Å². The molecule has 10 heteroatoms. The van der Waals surface area contributed by atoms with Crippen molar-refractivity contribution in [2.75, 3.05) is 6.54 Å². The number of hydrogen-bond acceptors (Lipinski definition) is 5. The van der Waals surface area contributed by atoms with Gasteiger partial charge in [-0.15, -0.1) is 11.3 Å². The Balaban J connectivity index is 2.31. The highest BCUT2D eigenvalue weighted by Gasteiger charge is 2.30. The van der Waals surface area contributed by atoms with Crippen molar-refractivity contribution in [3.63, 3.8) is 0 Å². The monoisotopic (exact) mass is 453 g/mol. The Kier molecular flexibility index (Phi) is 4.74. The fourth-order valence-electron chi connectivity index (χ4n) is 2.29. The predicted octanol–water partition coefficient (Wildman–Crippen LogP) is 3.91. The lowest BCUT2D eigenvalue weighted by molar-refractivity contribution is 0.588. The fourth-order valence-corrected chi connectivity index (χ4v) is 7.13. The van der Waals surface area contributed by atoms with Crippen LogP contribution >= 0.6 is 50.5 Å². The largest absolute Gasteiger partial charge is 0.330 e. The molecule has 3 rings (SSSR count). The minimum absolute atomic E-state index is 0.0592. The summed E-state index contributed by atoms with van der Waals surface area (Å²) in [7, 11) is -3.94. The number of aromatic nitrogens is 2. The Labute approximate surface area is 155 Å². The molecule has 0 spiro atoms. The van der Waals surface area contributed by atoms with Crippen LogP contribution in [0.25, 0.3) is 11.0 Å². The van der Waals surface area contributed by atoms with Gasteiger partial charge in [-0.2, -0.15) is 0 Å². The zero-order chi connectivity index (χ0) is 16.8. The summed E-state index contributed by atoms with van der Waals surface area (Å²) < 4.78 is 27.9. The van der Waals surface area contributed by atoms with Crippen molar-refractivity contribution in [3.8, 4) is 0 Å². The Hall–Kier alpha value is -0.640. The highest BCUT2D eigenvalue weighted by Crippen LogP contribution is 2.44. The summed E-state index contributed by atoms with van der Waals surface area (Å²) in [4.78, 5) is 4.14. The molecule has 0 aliphatic carbocycles. The highest BCUT2D eigenvalue weighted by molar-refractivity contribution is 9.10. The Morgan fingerprint density at radius 1 is 1.35 bits per heavy atom. The summed E-state index contributed by atoms with van der Waals surface area (Å²) in [5, 5.41) is 0.745. The van der Waals surface area contributed by atoms with Gasteiger partial charge >= 0.3 is 0 Å². The molecule has 23 heavy (non-hydrogen) atoms. The minimum Gasteiger partial charge on any atom is -0.330 e. The number of pyridine rings is 1. The molecule has 0 aromatic carbocycles. The van der Waals surface area contributed by atoms with Gasteiger partial charge in [0.05, 0.1) is 4.47 Å². The first-order valence-corrected chi connectivity index (χ1v) is 10.2. The van der Waals surface area contributed by atoms with Gasteiger partial charge in [0, 0.05) is 17.8 Å². The van der Waals surface area contributed by atoms with Crippen LogP contribution in [0, 0.1) is 0 Å². The zero-order valence-electron chi connectivity index (χ0n) is 11.5. The maximum atomic E-state index is 13.0. The van der Waals surface area contributed by atoms with Gasteiger partial charge in [0.1, 0.15) is 13.6 Å². The SMILES string of the molecule is NCCc1cn(S(=O)(=O)c2c(Cl)sc(Cl)c2Br)c2ncccc12. The van der Waals surface area contributed by atoms with Crippen molar-refractivity contribution < 1.29 is 8.42 Å². The van der Waals surface area contributed by atoms with Crippen LogP contribution in [-0.4, -0.2) is 23.9 Å². The standard InChI is InChI=1S/C13H10BrCl2N3O2S2/c14-9-10(12(16)22-11(9)15)23(20,21)19-6-7(3-4-17)8-2-1-5-18-13(8)19/h1-2,5-6H,3-4,17H2. The molecule has 0 bridgehead atoms. The van der Waals surface area contributed by atoms with E-state index in [1.54, 1.807) is 6.07 Å². The predicted molar refractivity (Wildman–Crippen MR) is 97.1 cm³/mol. The summed E-state index contributed by atoms with van der Waals surface area (Å²) in [6.45, 7) is 0.406. The lowest BCUT2D eigenvalue weighted by Gasteiger charge is -2.06. The second-order valence-electron chi connectivity index (χ2n) is 4.66. The maximum absolute atomic E-state index is 13.0. The molecule has 0 atom stereocenters. The van der Waals surface area contributed by atoms with Gasteiger partial charge in [0.2, 0.25) is 0 Å². The first-order chi connectivity index (χ1) is 10.9. The molecule has 0 saturated carbocycles. The lowest BCUT2D eigenvalue weighted by atomic mass is 10.2. The summed E-state index contributed by atoms with van der Waals surface area (Å²) in [5.41, 5.74) is 6.76. The van der Waals surface area contributed by atoms with E-state index in [9.17, 15) is 8.42 Å². The van der Waals surface area contributed by atoms with E-state index in [2.05, 4.69) is 20.9 Å². The number of halogens is 3. The van der Waals surface area contributed by atoms with Gasteiger partial charge in [0.25, 0.3) is 10.0 Å². The zero-order valence-corrected chi connectivity index (χ0v) is 16.2. The number of nitrogens with zero attached hydrogens (tertiary/aromatic N) is 2. The van der Waals surface area contributed by atoms with Crippen molar-refractivity contribution >= 4 is 71.5 Å². The molecule has 0 amide bonds. The molecule has 5 nitrogen and oxygen atoms in total. The smallest absolute Gasteiger partial charge is 0.272 e. The number of hydrogen-bond donors (Lipinski definition) is 1. The van der Waals surface area contributed by atoms with Crippen LogP contribution in [0.5, 0.6) is 0 Å². The molecule has 3 aromatic heterocycles. The van der Waals surface area contributed by atoms with Crippen LogP contribution < -0.4 is 5.73 Å². The number of rotatable bonds is 4. The summed E-state index contributed by atoms with van der Waals surface area (Å²) in [6.07, 6.45) is 3.62. The maximum Gasteiger partial charge on any atom is 0.272 e. The third kappa shape index (κ3) is 2.81. The van der Waals surface area contributed by atoms with Crippen molar-refractivity contribution in [1.82, 2.24) is 8.96 Å². The van der Waals surface area contributed by atoms with Crippen LogP contribution in [0.2, 0.25) is 8.67 Å². The van der Waals surface area contributed by atoms with Gasteiger partial charge in [-0.05, 0) is 46.6 Å². The van der Waals surface area contributed by atoms with Gasteiger partial charge < -0.3 is 5.73 Å². The number of nitrogens with two attached hydrogens (primary N) is 1. The van der Waals surface area contributed by atoms with Crippen LogP contribution in [0.3, 0.4) is 0 Å². The van der Waals surface area contributed by atoms with E-state index in [0.29, 0.717) is 18.6 Å². The van der Waals surface area contributed by atoms with E-state index in [4.69, 9.17) is 28.9 Å². The van der Waals surface area contributed by atoms with E-state index in [-0.39, 0.29) is 18.0 Å². The van der Waals surface area contributed by atoms with E-state index < -0.39 is 10.0 Å². The molecule has 0 fully saturated rings. The van der Waals surface area contributed by atoms with Crippen LogP contribution in [0.1, 0.15) is 5.56 Å². The molecule has 122 valence electrons. The fraction of sp³-hybridized carbons (Fsp3) is 0.154. The molecule has 0 aliphatic heterocycles. The molecule has 0 radical (unpaired) electrons. The summed E-state index contributed by atoms with van der Waals surface area (Å²) >= 11 is 16.2.